The highest BCUT2D eigenvalue weighted by Gasteiger charge is 2.25. The largest absolute Gasteiger partial charge is 0.450 e. The van der Waals surface area contributed by atoms with Gasteiger partial charge in [0.1, 0.15) is 6.54 Å². The van der Waals surface area contributed by atoms with Crippen LogP contribution < -0.4 is 5.43 Å². The highest BCUT2D eigenvalue weighted by atomic mass is 79.9. The summed E-state index contributed by atoms with van der Waals surface area (Å²) in [6, 6.07) is 6.87. The minimum atomic E-state index is -0.337. The Morgan fingerprint density at radius 3 is 2.50 bits per heavy atom. The summed E-state index contributed by atoms with van der Waals surface area (Å²) >= 11 is 3.41. The molecule has 8 heteroatoms. The fraction of sp³-hybridized carbons (Fsp3) is 0.389. The van der Waals surface area contributed by atoms with Crippen molar-refractivity contribution in [2.75, 3.05) is 32.8 Å². The molecule has 0 spiro atoms. The molecule has 2 heterocycles. The van der Waals surface area contributed by atoms with Gasteiger partial charge in [-0.1, -0.05) is 15.9 Å². The van der Waals surface area contributed by atoms with E-state index in [1.54, 1.807) is 33.6 Å². The molecular formula is C18H20BrN3O4. The van der Waals surface area contributed by atoms with E-state index in [9.17, 15) is 14.4 Å². The summed E-state index contributed by atoms with van der Waals surface area (Å²) in [6.45, 7) is 4.12. The maximum Gasteiger partial charge on any atom is 0.409 e. The second-order valence-electron chi connectivity index (χ2n) is 6.04. The third kappa shape index (κ3) is 3.90. The Morgan fingerprint density at radius 1 is 1.12 bits per heavy atom. The van der Waals surface area contributed by atoms with Gasteiger partial charge in [-0.25, -0.2) is 4.79 Å². The molecule has 1 fully saturated rings. The molecule has 1 saturated heterocycles. The molecule has 0 N–H and O–H groups in total. The Morgan fingerprint density at radius 2 is 1.81 bits per heavy atom. The first-order valence-corrected chi connectivity index (χ1v) is 9.27. The predicted molar refractivity (Wildman–Crippen MR) is 101 cm³/mol. The number of hydrogen-bond acceptors (Lipinski definition) is 4. The van der Waals surface area contributed by atoms with Crippen molar-refractivity contribution in [3.63, 3.8) is 0 Å². The molecule has 0 bridgehead atoms. The van der Waals surface area contributed by atoms with E-state index in [4.69, 9.17) is 4.74 Å². The van der Waals surface area contributed by atoms with Crippen LogP contribution in [0.2, 0.25) is 0 Å². The fourth-order valence-corrected chi connectivity index (χ4v) is 3.36. The van der Waals surface area contributed by atoms with Crippen LogP contribution in [-0.2, 0) is 16.1 Å². The number of halogens is 1. The summed E-state index contributed by atoms with van der Waals surface area (Å²) in [6.07, 6.45) is 1.31. The van der Waals surface area contributed by atoms with Crippen LogP contribution in [0.3, 0.4) is 0 Å². The number of pyridine rings is 1. The molecule has 138 valence electrons. The zero-order chi connectivity index (χ0) is 18.7. The van der Waals surface area contributed by atoms with Crippen LogP contribution in [0.4, 0.5) is 4.79 Å². The van der Waals surface area contributed by atoms with Crippen molar-refractivity contribution in [3.05, 3.63) is 45.2 Å². The van der Waals surface area contributed by atoms with Gasteiger partial charge in [0.2, 0.25) is 5.91 Å². The smallest absolute Gasteiger partial charge is 0.409 e. The molecule has 7 nitrogen and oxygen atoms in total. The number of rotatable bonds is 3. The third-order valence-electron chi connectivity index (χ3n) is 4.40. The van der Waals surface area contributed by atoms with E-state index in [0.29, 0.717) is 43.7 Å². The Kier molecular flexibility index (Phi) is 5.61. The van der Waals surface area contributed by atoms with Crippen LogP contribution in [0.15, 0.2) is 39.7 Å². The molecule has 1 aromatic carbocycles. The normalized spacial score (nSPS) is 14.5. The van der Waals surface area contributed by atoms with Crippen molar-refractivity contribution in [3.8, 4) is 0 Å². The summed E-state index contributed by atoms with van der Waals surface area (Å²) < 4.78 is 7.62. The molecule has 1 aliphatic rings. The minimum Gasteiger partial charge on any atom is -0.450 e. The minimum absolute atomic E-state index is 0.0431. The Labute approximate surface area is 159 Å². The van der Waals surface area contributed by atoms with Crippen LogP contribution in [-0.4, -0.2) is 59.2 Å². The standard InChI is InChI=1S/C18H20BrN3O4/c1-2-26-18(25)21-9-7-20(8-10-21)17(24)12-22-6-5-16(23)14-4-3-13(19)11-15(14)22/h3-6,11H,2,7-10,12H2,1H3. The summed E-state index contributed by atoms with van der Waals surface area (Å²) in [5.74, 6) is -0.0431. The van der Waals surface area contributed by atoms with Gasteiger partial charge in [-0.2, -0.15) is 0 Å². The van der Waals surface area contributed by atoms with E-state index in [2.05, 4.69) is 15.9 Å². The summed E-state index contributed by atoms with van der Waals surface area (Å²) in [5, 5.41) is 0.579. The topological polar surface area (TPSA) is 71.8 Å². The zero-order valence-corrected chi connectivity index (χ0v) is 16.1. The molecule has 3 rings (SSSR count). The number of ether oxygens (including phenoxy) is 1. The van der Waals surface area contributed by atoms with Gasteiger partial charge < -0.3 is 19.1 Å². The monoisotopic (exact) mass is 421 g/mol. The molecular weight excluding hydrogens is 402 g/mol. The van der Waals surface area contributed by atoms with Crippen molar-refractivity contribution in [2.45, 2.75) is 13.5 Å². The van der Waals surface area contributed by atoms with Gasteiger partial charge in [0, 0.05) is 48.3 Å². The van der Waals surface area contributed by atoms with Gasteiger partial charge >= 0.3 is 6.09 Å². The maximum atomic E-state index is 12.7. The van der Waals surface area contributed by atoms with E-state index in [0.717, 1.165) is 4.47 Å². The Hall–Kier alpha value is -2.35. The first kappa shape index (κ1) is 18.4. The lowest BCUT2D eigenvalue weighted by Crippen LogP contribution is -2.51. The highest BCUT2D eigenvalue weighted by Crippen LogP contribution is 2.17. The Balaban J connectivity index is 1.71. The molecule has 0 atom stereocenters. The zero-order valence-electron chi connectivity index (χ0n) is 14.5. The first-order valence-electron chi connectivity index (χ1n) is 8.48. The summed E-state index contributed by atoms with van der Waals surface area (Å²) in [4.78, 5) is 39.8. The molecule has 0 radical (unpaired) electrons. The molecule has 0 unspecified atom stereocenters. The van der Waals surface area contributed by atoms with E-state index < -0.39 is 0 Å². The summed E-state index contributed by atoms with van der Waals surface area (Å²) in [5.41, 5.74) is 0.643. The number of nitrogens with zero attached hydrogens (tertiary/aromatic N) is 3. The SMILES string of the molecule is CCOC(=O)N1CCN(C(=O)Cn2ccc(=O)c3ccc(Br)cc32)CC1. The van der Waals surface area contributed by atoms with Gasteiger partial charge in [0.25, 0.3) is 0 Å². The molecule has 0 aliphatic carbocycles. The molecule has 2 amide bonds. The third-order valence-corrected chi connectivity index (χ3v) is 4.90. The number of amides is 2. The van der Waals surface area contributed by atoms with Crippen LogP contribution >= 0.6 is 15.9 Å². The summed E-state index contributed by atoms with van der Waals surface area (Å²) in [7, 11) is 0. The van der Waals surface area contributed by atoms with E-state index in [1.165, 1.54) is 6.07 Å². The average molecular weight is 422 g/mol. The van der Waals surface area contributed by atoms with Crippen LogP contribution in [0.5, 0.6) is 0 Å². The lowest BCUT2D eigenvalue weighted by atomic mass is 10.2. The van der Waals surface area contributed by atoms with Gasteiger partial charge in [-0.15, -0.1) is 0 Å². The van der Waals surface area contributed by atoms with Crippen molar-refractivity contribution in [1.82, 2.24) is 14.4 Å². The van der Waals surface area contributed by atoms with Crippen molar-refractivity contribution in [2.24, 2.45) is 0 Å². The second kappa shape index (κ2) is 7.90. The predicted octanol–water partition coefficient (Wildman–Crippen LogP) is 2.06. The number of carbonyl (C=O) groups excluding carboxylic acids is 2. The first-order chi connectivity index (χ1) is 12.5. The van der Waals surface area contributed by atoms with Gasteiger partial charge in [0.05, 0.1) is 12.1 Å². The van der Waals surface area contributed by atoms with Crippen molar-refractivity contribution >= 4 is 38.8 Å². The number of hydrogen-bond donors (Lipinski definition) is 0. The maximum absolute atomic E-state index is 12.7. The van der Waals surface area contributed by atoms with E-state index in [1.807, 2.05) is 12.1 Å². The number of fused-ring (bicyclic) bond motifs is 1. The quantitative estimate of drug-likeness (QED) is 0.760. The van der Waals surface area contributed by atoms with Gasteiger partial charge in [0.15, 0.2) is 5.43 Å². The Bertz CT molecular complexity index is 888. The molecule has 1 aliphatic heterocycles. The highest BCUT2D eigenvalue weighted by molar-refractivity contribution is 9.10. The van der Waals surface area contributed by atoms with Gasteiger partial charge in [-0.05, 0) is 25.1 Å². The van der Waals surface area contributed by atoms with Gasteiger partial charge in [-0.3, -0.25) is 9.59 Å². The molecule has 1 aromatic heterocycles. The van der Waals surface area contributed by atoms with E-state index >= 15 is 0 Å². The number of aromatic nitrogens is 1. The molecule has 26 heavy (non-hydrogen) atoms. The lowest BCUT2D eigenvalue weighted by Gasteiger charge is -2.34. The fourth-order valence-electron chi connectivity index (χ4n) is 3.02. The van der Waals surface area contributed by atoms with Crippen LogP contribution in [0.1, 0.15) is 6.92 Å². The van der Waals surface area contributed by atoms with Crippen molar-refractivity contribution < 1.29 is 14.3 Å². The number of carbonyl (C=O) groups is 2. The number of piperazine rings is 1. The van der Waals surface area contributed by atoms with Crippen LogP contribution in [0.25, 0.3) is 10.9 Å². The van der Waals surface area contributed by atoms with E-state index in [-0.39, 0.29) is 24.0 Å². The van der Waals surface area contributed by atoms with Crippen LogP contribution in [0, 0.1) is 0 Å². The second-order valence-corrected chi connectivity index (χ2v) is 6.95. The van der Waals surface area contributed by atoms with Crippen molar-refractivity contribution in [1.29, 1.82) is 0 Å². The number of benzene rings is 1. The average Bonchev–Trinajstić information content (AvgIpc) is 2.64. The lowest BCUT2D eigenvalue weighted by molar-refractivity contribution is -0.133. The molecule has 2 aromatic rings. The molecule has 0 saturated carbocycles.